The standard InChI is InChI=1S/C12H13N3O/c1-8-4-6-11(7-5-8)16-12-14-9(2)13-10(3)15-12/h4-7H,1-3H3. The number of benzene rings is 1. The van der Waals surface area contributed by atoms with E-state index in [4.69, 9.17) is 4.74 Å². The van der Waals surface area contributed by atoms with Crippen LogP contribution >= 0.6 is 0 Å². The Kier molecular flexibility index (Phi) is 2.81. The SMILES string of the molecule is Cc1ccc(Oc2nc(C)nc(C)n2)cc1. The van der Waals surface area contributed by atoms with Crippen molar-refractivity contribution in [1.29, 1.82) is 0 Å². The summed E-state index contributed by atoms with van der Waals surface area (Å²) in [7, 11) is 0. The molecule has 0 bridgehead atoms. The molecule has 0 radical (unpaired) electrons. The van der Waals surface area contributed by atoms with Crippen LogP contribution in [0.25, 0.3) is 0 Å². The Labute approximate surface area is 94.4 Å². The molecular weight excluding hydrogens is 202 g/mol. The van der Waals surface area contributed by atoms with Crippen LogP contribution < -0.4 is 4.74 Å². The lowest BCUT2D eigenvalue weighted by Gasteiger charge is -2.04. The van der Waals surface area contributed by atoms with Crippen molar-refractivity contribution in [3.8, 4) is 11.8 Å². The summed E-state index contributed by atoms with van der Waals surface area (Å²) >= 11 is 0. The number of hydrogen-bond donors (Lipinski definition) is 0. The molecule has 2 aromatic rings. The highest BCUT2D eigenvalue weighted by atomic mass is 16.5. The van der Waals surface area contributed by atoms with E-state index in [9.17, 15) is 0 Å². The van der Waals surface area contributed by atoms with Crippen molar-refractivity contribution in [2.75, 3.05) is 0 Å². The predicted molar refractivity (Wildman–Crippen MR) is 60.6 cm³/mol. The smallest absolute Gasteiger partial charge is 0.325 e. The van der Waals surface area contributed by atoms with E-state index < -0.39 is 0 Å². The summed E-state index contributed by atoms with van der Waals surface area (Å²) < 4.78 is 5.53. The van der Waals surface area contributed by atoms with Crippen molar-refractivity contribution in [2.45, 2.75) is 20.8 Å². The number of rotatable bonds is 2. The topological polar surface area (TPSA) is 47.9 Å². The van der Waals surface area contributed by atoms with Crippen molar-refractivity contribution < 1.29 is 4.74 Å². The van der Waals surface area contributed by atoms with Crippen LogP contribution in [0.15, 0.2) is 24.3 Å². The van der Waals surface area contributed by atoms with Gasteiger partial charge < -0.3 is 4.74 Å². The maximum Gasteiger partial charge on any atom is 0.325 e. The Morgan fingerprint density at radius 3 is 1.94 bits per heavy atom. The van der Waals surface area contributed by atoms with Gasteiger partial charge in [0.2, 0.25) is 0 Å². The van der Waals surface area contributed by atoms with Crippen LogP contribution in [0.5, 0.6) is 11.8 Å². The Balaban J connectivity index is 2.23. The van der Waals surface area contributed by atoms with Gasteiger partial charge >= 0.3 is 6.01 Å². The molecule has 2 rings (SSSR count). The van der Waals surface area contributed by atoms with E-state index in [-0.39, 0.29) is 0 Å². The highest BCUT2D eigenvalue weighted by Gasteiger charge is 2.02. The second-order valence-electron chi connectivity index (χ2n) is 3.63. The van der Waals surface area contributed by atoms with Crippen LogP contribution in [0, 0.1) is 20.8 Å². The first-order chi connectivity index (χ1) is 7.63. The summed E-state index contributed by atoms with van der Waals surface area (Å²) in [6, 6.07) is 8.09. The number of aromatic nitrogens is 3. The fourth-order valence-electron chi connectivity index (χ4n) is 1.34. The van der Waals surface area contributed by atoms with E-state index in [1.165, 1.54) is 5.56 Å². The minimum Gasteiger partial charge on any atom is -0.424 e. The minimum atomic E-state index is 0.342. The van der Waals surface area contributed by atoms with Crippen molar-refractivity contribution in [2.24, 2.45) is 0 Å². The van der Waals surface area contributed by atoms with Gasteiger partial charge in [-0.3, -0.25) is 0 Å². The molecule has 1 aromatic heterocycles. The molecule has 0 spiro atoms. The Bertz CT molecular complexity index is 474. The summed E-state index contributed by atoms with van der Waals surface area (Å²) in [5.74, 6) is 2.06. The van der Waals surface area contributed by atoms with Gasteiger partial charge in [-0.15, -0.1) is 0 Å². The largest absolute Gasteiger partial charge is 0.424 e. The zero-order valence-corrected chi connectivity index (χ0v) is 9.56. The van der Waals surface area contributed by atoms with Gasteiger partial charge in [-0.05, 0) is 32.9 Å². The molecule has 1 heterocycles. The molecule has 4 nitrogen and oxygen atoms in total. The number of nitrogens with zero attached hydrogens (tertiary/aromatic N) is 3. The molecule has 0 unspecified atom stereocenters. The summed E-state index contributed by atoms with van der Waals surface area (Å²) in [5.41, 5.74) is 1.19. The first kappa shape index (κ1) is 10.5. The number of hydrogen-bond acceptors (Lipinski definition) is 4. The van der Waals surface area contributed by atoms with Crippen molar-refractivity contribution >= 4 is 0 Å². The molecule has 82 valence electrons. The molecule has 1 aromatic carbocycles. The third-order valence-corrected chi connectivity index (χ3v) is 2.07. The first-order valence-corrected chi connectivity index (χ1v) is 5.07. The van der Waals surface area contributed by atoms with Gasteiger partial charge in [0, 0.05) is 0 Å². The Hall–Kier alpha value is -1.97. The molecule has 4 heteroatoms. The molecular formula is C12H13N3O. The van der Waals surface area contributed by atoms with E-state index in [1.54, 1.807) is 0 Å². The third kappa shape index (κ3) is 2.53. The van der Waals surface area contributed by atoms with Gasteiger partial charge in [-0.2, -0.15) is 9.97 Å². The average molecular weight is 215 g/mol. The molecule has 16 heavy (non-hydrogen) atoms. The highest BCUT2D eigenvalue weighted by Crippen LogP contribution is 2.17. The fourth-order valence-corrected chi connectivity index (χ4v) is 1.34. The van der Waals surface area contributed by atoms with Gasteiger partial charge in [0.1, 0.15) is 17.4 Å². The van der Waals surface area contributed by atoms with E-state index in [1.807, 2.05) is 45.0 Å². The maximum absolute atomic E-state index is 5.53. The van der Waals surface area contributed by atoms with Gasteiger partial charge in [0.15, 0.2) is 0 Å². The normalized spacial score (nSPS) is 10.2. The fraction of sp³-hybridized carbons (Fsp3) is 0.250. The lowest BCUT2D eigenvalue weighted by molar-refractivity contribution is 0.435. The van der Waals surface area contributed by atoms with Gasteiger partial charge in [-0.25, -0.2) is 4.98 Å². The molecule has 0 aliphatic rings. The summed E-state index contributed by atoms with van der Waals surface area (Å²) in [4.78, 5) is 12.3. The van der Waals surface area contributed by atoms with E-state index in [2.05, 4.69) is 15.0 Å². The molecule has 0 fully saturated rings. The van der Waals surface area contributed by atoms with Gasteiger partial charge in [0.25, 0.3) is 0 Å². The van der Waals surface area contributed by atoms with Crippen LogP contribution in [0.4, 0.5) is 0 Å². The number of aryl methyl sites for hydroxylation is 3. The molecule has 0 saturated heterocycles. The van der Waals surface area contributed by atoms with Crippen LogP contribution in [0.1, 0.15) is 17.2 Å². The molecule has 0 amide bonds. The van der Waals surface area contributed by atoms with Crippen LogP contribution in [-0.4, -0.2) is 15.0 Å². The summed E-state index contributed by atoms with van der Waals surface area (Å²) in [6.45, 7) is 5.66. The van der Waals surface area contributed by atoms with Crippen molar-refractivity contribution in [1.82, 2.24) is 15.0 Å². The highest BCUT2D eigenvalue weighted by molar-refractivity contribution is 5.28. The second kappa shape index (κ2) is 4.26. The van der Waals surface area contributed by atoms with Crippen LogP contribution in [-0.2, 0) is 0 Å². The first-order valence-electron chi connectivity index (χ1n) is 5.07. The minimum absolute atomic E-state index is 0.342. The summed E-state index contributed by atoms with van der Waals surface area (Å²) in [5, 5.41) is 0. The van der Waals surface area contributed by atoms with Crippen molar-refractivity contribution in [3.63, 3.8) is 0 Å². The lowest BCUT2D eigenvalue weighted by atomic mass is 10.2. The molecule has 0 aliphatic carbocycles. The average Bonchev–Trinajstić information content (AvgIpc) is 2.20. The lowest BCUT2D eigenvalue weighted by Crippen LogP contribution is -1.99. The quantitative estimate of drug-likeness (QED) is 0.772. The third-order valence-electron chi connectivity index (χ3n) is 2.07. The Morgan fingerprint density at radius 2 is 1.38 bits per heavy atom. The van der Waals surface area contributed by atoms with Crippen LogP contribution in [0.2, 0.25) is 0 Å². The van der Waals surface area contributed by atoms with E-state index in [0.717, 1.165) is 5.75 Å². The molecule has 0 saturated carbocycles. The molecule has 0 aliphatic heterocycles. The zero-order valence-electron chi connectivity index (χ0n) is 9.56. The monoisotopic (exact) mass is 215 g/mol. The Morgan fingerprint density at radius 1 is 0.812 bits per heavy atom. The zero-order chi connectivity index (χ0) is 11.5. The van der Waals surface area contributed by atoms with Crippen LogP contribution in [0.3, 0.4) is 0 Å². The summed E-state index contributed by atoms with van der Waals surface area (Å²) in [6.07, 6.45) is 0. The molecule has 0 N–H and O–H groups in total. The maximum atomic E-state index is 5.53. The van der Waals surface area contributed by atoms with Gasteiger partial charge in [0.05, 0.1) is 0 Å². The van der Waals surface area contributed by atoms with Crippen molar-refractivity contribution in [3.05, 3.63) is 41.5 Å². The second-order valence-corrected chi connectivity index (χ2v) is 3.63. The molecule has 0 atom stereocenters. The number of ether oxygens (including phenoxy) is 1. The predicted octanol–water partition coefficient (Wildman–Crippen LogP) is 2.59. The van der Waals surface area contributed by atoms with E-state index >= 15 is 0 Å². The van der Waals surface area contributed by atoms with Gasteiger partial charge in [-0.1, -0.05) is 17.7 Å². The van der Waals surface area contributed by atoms with E-state index in [0.29, 0.717) is 17.7 Å².